The maximum atomic E-state index is 13.3. The van der Waals surface area contributed by atoms with Gasteiger partial charge in [0.05, 0.1) is 13.0 Å². The number of halogens is 1. The summed E-state index contributed by atoms with van der Waals surface area (Å²) in [5.41, 5.74) is 1.34. The largest absolute Gasteiger partial charge is 0.491 e. The van der Waals surface area contributed by atoms with Crippen molar-refractivity contribution in [2.45, 2.75) is 13.3 Å². The van der Waals surface area contributed by atoms with Gasteiger partial charge in [-0.1, -0.05) is 0 Å². The third-order valence-corrected chi connectivity index (χ3v) is 2.08. The lowest BCUT2D eigenvalue weighted by molar-refractivity contribution is -0.115. The van der Waals surface area contributed by atoms with Gasteiger partial charge in [-0.3, -0.25) is 4.79 Å². The average molecular weight is 195 g/mol. The zero-order chi connectivity index (χ0) is 10.1. The number of rotatable bonds is 2. The lowest BCUT2D eigenvalue weighted by Gasteiger charge is -2.06. The second-order valence-corrected chi connectivity index (χ2v) is 3.10. The van der Waals surface area contributed by atoms with Crippen molar-refractivity contribution in [2.75, 3.05) is 11.9 Å². The van der Waals surface area contributed by atoms with Crippen molar-refractivity contribution >= 4 is 11.6 Å². The van der Waals surface area contributed by atoms with Crippen molar-refractivity contribution < 1.29 is 13.9 Å². The van der Waals surface area contributed by atoms with Gasteiger partial charge in [-0.05, 0) is 18.6 Å². The summed E-state index contributed by atoms with van der Waals surface area (Å²) in [6.07, 6.45) is 0.301. The van der Waals surface area contributed by atoms with Crippen LogP contribution < -0.4 is 10.1 Å². The number of amides is 1. The Morgan fingerprint density at radius 2 is 2.36 bits per heavy atom. The molecule has 14 heavy (non-hydrogen) atoms. The first-order valence-electron chi connectivity index (χ1n) is 4.45. The van der Waals surface area contributed by atoms with E-state index in [-0.39, 0.29) is 11.7 Å². The minimum atomic E-state index is -0.437. The van der Waals surface area contributed by atoms with Crippen molar-refractivity contribution in [3.05, 3.63) is 23.5 Å². The van der Waals surface area contributed by atoms with Crippen molar-refractivity contribution in [2.24, 2.45) is 0 Å². The molecular formula is C10H10FNO2. The van der Waals surface area contributed by atoms with E-state index in [4.69, 9.17) is 4.74 Å². The minimum Gasteiger partial charge on any atom is -0.491 e. The summed E-state index contributed by atoms with van der Waals surface area (Å²) in [4.78, 5) is 11.0. The van der Waals surface area contributed by atoms with Crippen LogP contribution in [0, 0.1) is 5.82 Å². The molecule has 0 fully saturated rings. The fourth-order valence-corrected chi connectivity index (χ4v) is 1.49. The van der Waals surface area contributed by atoms with Gasteiger partial charge in [0.2, 0.25) is 5.91 Å². The Bertz CT molecular complexity index is 390. The molecule has 3 nitrogen and oxygen atoms in total. The Hall–Kier alpha value is -1.58. The van der Waals surface area contributed by atoms with Crippen LogP contribution in [0.3, 0.4) is 0 Å². The smallest absolute Gasteiger partial charge is 0.228 e. The number of nitrogens with one attached hydrogen (secondary N) is 1. The molecule has 4 heteroatoms. The number of carbonyl (C=O) groups is 1. The Kier molecular flexibility index (Phi) is 2.11. The van der Waals surface area contributed by atoms with Crippen LogP contribution in [0.15, 0.2) is 12.1 Å². The van der Waals surface area contributed by atoms with Crippen molar-refractivity contribution in [1.29, 1.82) is 0 Å². The summed E-state index contributed by atoms with van der Waals surface area (Å²) in [7, 11) is 0. The maximum absolute atomic E-state index is 13.3. The fourth-order valence-electron chi connectivity index (χ4n) is 1.49. The summed E-state index contributed by atoms with van der Waals surface area (Å²) in [5.74, 6) is -0.330. The van der Waals surface area contributed by atoms with Crippen molar-refractivity contribution in [1.82, 2.24) is 0 Å². The summed E-state index contributed by atoms with van der Waals surface area (Å²) < 4.78 is 18.4. The van der Waals surface area contributed by atoms with Crippen LogP contribution in [0.1, 0.15) is 12.5 Å². The number of hydrogen-bond donors (Lipinski definition) is 1. The number of fused-ring (bicyclic) bond motifs is 1. The molecule has 1 aliphatic rings. The third-order valence-electron chi connectivity index (χ3n) is 2.08. The van der Waals surface area contributed by atoms with Crippen LogP contribution >= 0.6 is 0 Å². The van der Waals surface area contributed by atoms with Gasteiger partial charge in [0.25, 0.3) is 0 Å². The molecular weight excluding hydrogens is 185 g/mol. The molecule has 0 spiro atoms. The Morgan fingerprint density at radius 3 is 3.07 bits per heavy atom. The van der Waals surface area contributed by atoms with Gasteiger partial charge in [0.1, 0.15) is 0 Å². The van der Waals surface area contributed by atoms with Crippen molar-refractivity contribution in [3.63, 3.8) is 0 Å². The molecule has 0 bridgehead atoms. The van der Waals surface area contributed by atoms with Gasteiger partial charge in [0, 0.05) is 11.8 Å². The van der Waals surface area contributed by atoms with E-state index in [0.717, 1.165) is 5.56 Å². The third kappa shape index (κ3) is 1.43. The number of ether oxygens (including phenoxy) is 1. The van der Waals surface area contributed by atoms with Crippen LogP contribution in [-0.4, -0.2) is 12.5 Å². The summed E-state index contributed by atoms with van der Waals surface area (Å²) in [5, 5.41) is 2.57. The zero-order valence-electron chi connectivity index (χ0n) is 7.76. The summed E-state index contributed by atoms with van der Waals surface area (Å²) in [6, 6.07) is 2.87. The molecule has 1 heterocycles. The molecule has 1 aromatic rings. The molecule has 1 N–H and O–H groups in total. The van der Waals surface area contributed by atoms with E-state index in [0.29, 0.717) is 18.7 Å². The number of benzene rings is 1. The Balaban J connectivity index is 2.39. The standard InChI is InChI=1S/C10H10FNO2/c1-2-14-9-3-6-4-10(13)12-8(6)5-7(9)11/h3,5H,2,4H2,1H3,(H,12,13). The average Bonchev–Trinajstić information content (AvgIpc) is 2.45. The highest BCUT2D eigenvalue weighted by Gasteiger charge is 2.20. The number of anilines is 1. The van der Waals surface area contributed by atoms with E-state index in [1.54, 1.807) is 13.0 Å². The first-order chi connectivity index (χ1) is 6.70. The molecule has 0 saturated heterocycles. The Morgan fingerprint density at radius 1 is 1.57 bits per heavy atom. The van der Waals surface area contributed by atoms with Gasteiger partial charge in [-0.15, -0.1) is 0 Å². The molecule has 1 aromatic carbocycles. The number of hydrogen-bond acceptors (Lipinski definition) is 2. The first kappa shape index (κ1) is 8.99. The van der Waals surface area contributed by atoms with Crippen LogP contribution in [0.2, 0.25) is 0 Å². The number of carbonyl (C=O) groups excluding carboxylic acids is 1. The minimum absolute atomic E-state index is 0.104. The molecule has 1 aliphatic heterocycles. The molecule has 2 rings (SSSR count). The fraction of sp³-hybridized carbons (Fsp3) is 0.300. The molecule has 74 valence electrons. The molecule has 0 aromatic heterocycles. The highest BCUT2D eigenvalue weighted by atomic mass is 19.1. The van der Waals surface area contributed by atoms with E-state index in [2.05, 4.69) is 5.32 Å². The predicted octanol–water partition coefficient (Wildman–Crippen LogP) is 1.72. The van der Waals surface area contributed by atoms with Crippen LogP contribution in [0.25, 0.3) is 0 Å². The predicted molar refractivity (Wildman–Crippen MR) is 49.9 cm³/mol. The van der Waals surface area contributed by atoms with Gasteiger partial charge in [0.15, 0.2) is 11.6 Å². The van der Waals surface area contributed by atoms with Crippen LogP contribution in [-0.2, 0) is 11.2 Å². The van der Waals surface area contributed by atoms with E-state index < -0.39 is 5.82 Å². The van der Waals surface area contributed by atoms with E-state index in [9.17, 15) is 9.18 Å². The lowest BCUT2D eigenvalue weighted by atomic mass is 10.1. The topological polar surface area (TPSA) is 38.3 Å². The molecule has 0 saturated carbocycles. The maximum Gasteiger partial charge on any atom is 0.228 e. The molecule has 1 amide bonds. The second-order valence-electron chi connectivity index (χ2n) is 3.10. The summed E-state index contributed by atoms with van der Waals surface area (Å²) in [6.45, 7) is 2.20. The molecule has 0 aliphatic carbocycles. The quantitative estimate of drug-likeness (QED) is 0.780. The van der Waals surface area contributed by atoms with E-state index in [1.807, 2.05) is 0 Å². The lowest BCUT2D eigenvalue weighted by Crippen LogP contribution is -2.03. The molecule has 0 unspecified atom stereocenters. The first-order valence-corrected chi connectivity index (χ1v) is 4.45. The van der Waals surface area contributed by atoms with Gasteiger partial charge < -0.3 is 10.1 Å². The normalized spacial score (nSPS) is 13.7. The van der Waals surface area contributed by atoms with Crippen LogP contribution in [0.5, 0.6) is 5.75 Å². The monoisotopic (exact) mass is 195 g/mol. The Labute approximate surface area is 80.9 Å². The van der Waals surface area contributed by atoms with E-state index >= 15 is 0 Å². The van der Waals surface area contributed by atoms with E-state index in [1.165, 1.54) is 6.07 Å². The second kappa shape index (κ2) is 3.29. The molecule has 0 atom stereocenters. The zero-order valence-corrected chi connectivity index (χ0v) is 7.76. The van der Waals surface area contributed by atoms with Gasteiger partial charge in [-0.2, -0.15) is 0 Å². The van der Waals surface area contributed by atoms with Gasteiger partial charge in [-0.25, -0.2) is 4.39 Å². The van der Waals surface area contributed by atoms with Crippen LogP contribution in [0.4, 0.5) is 10.1 Å². The summed E-state index contributed by atoms with van der Waals surface area (Å²) >= 11 is 0. The SMILES string of the molecule is CCOc1cc2c(cc1F)NC(=O)C2. The highest BCUT2D eigenvalue weighted by Crippen LogP contribution is 2.29. The van der Waals surface area contributed by atoms with Gasteiger partial charge >= 0.3 is 0 Å². The van der Waals surface area contributed by atoms with Crippen molar-refractivity contribution in [3.8, 4) is 5.75 Å². The highest BCUT2D eigenvalue weighted by molar-refractivity contribution is 5.99. The molecule has 0 radical (unpaired) electrons.